The Kier molecular flexibility index (Phi) is 6.96. The number of hydrogen-bond acceptors (Lipinski definition) is 6. The van der Waals surface area contributed by atoms with Gasteiger partial charge in [-0.2, -0.15) is 0 Å². The molecule has 7 heteroatoms. The molecule has 0 aliphatic carbocycles. The molecule has 0 aromatic heterocycles. The molecule has 0 aliphatic rings. The van der Waals surface area contributed by atoms with Gasteiger partial charge in [0.15, 0.2) is 11.5 Å². The van der Waals surface area contributed by atoms with Gasteiger partial charge in [-0.15, -0.1) is 0 Å². The maximum Gasteiger partial charge on any atom is 0.226 e. The third-order valence-corrected chi connectivity index (χ3v) is 3.70. The molecule has 0 atom stereocenters. The number of carbonyl (C=O) groups is 1. The van der Waals surface area contributed by atoms with Crippen molar-refractivity contribution in [3.63, 3.8) is 0 Å². The quantitative estimate of drug-likeness (QED) is 0.715. The highest BCUT2D eigenvalue weighted by atomic mass is 16.5. The number of hydrogen-bond donors (Lipinski definition) is 2. The Labute approximate surface area is 153 Å². The van der Waals surface area contributed by atoms with E-state index in [4.69, 9.17) is 18.9 Å². The molecule has 2 aromatic rings. The van der Waals surface area contributed by atoms with E-state index in [1.165, 1.54) is 21.3 Å². The molecule has 2 aromatic carbocycles. The molecule has 0 saturated carbocycles. The van der Waals surface area contributed by atoms with Crippen LogP contribution in [0.5, 0.6) is 23.0 Å². The predicted octanol–water partition coefficient (Wildman–Crippen LogP) is 3.16. The second-order valence-corrected chi connectivity index (χ2v) is 5.37. The minimum atomic E-state index is -0.130. The van der Waals surface area contributed by atoms with Gasteiger partial charge in [-0.3, -0.25) is 4.79 Å². The molecule has 140 valence electrons. The molecule has 0 radical (unpaired) electrons. The van der Waals surface area contributed by atoms with Crippen molar-refractivity contribution in [1.82, 2.24) is 0 Å². The fourth-order valence-corrected chi connectivity index (χ4v) is 2.43. The molecule has 1 amide bonds. The second kappa shape index (κ2) is 9.41. The molecule has 2 N–H and O–H groups in total. The summed E-state index contributed by atoms with van der Waals surface area (Å²) >= 11 is 0. The minimum absolute atomic E-state index is 0.130. The van der Waals surface area contributed by atoms with Crippen LogP contribution in [0.2, 0.25) is 0 Å². The Balaban J connectivity index is 1.94. The van der Waals surface area contributed by atoms with Gasteiger partial charge in [-0.25, -0.2) is 0 Å². The van der Waals surface area contributed by atoms with Crippen LogP contribution in [0.15, 0.2) is 36.4 Å². The average molecular weight is 360 g/mol. The highest BCUT2D eigenvalue weighted by Gasteiger charge is 2.14. The summed E-state index contributed by atoms with van der Waals surface area (Å²) in [7, 11) is 6.20. The summed E-state index contributed by atoms with van der Waals surface area (Å²) in [6, 6.07) is 10.9. The average Bonchev–Trinajstić information content (AvgIpc) is 2.67. The van der Waals surface area contributed by atoms with E-state index < -0.39 is 0 Å². The topological polar surface area (TPSA) is 78.1 Å². The normalized spacial score (nSPS) is 10.0. The molecule has 0 unspecified atom stereocenters. The van der Waals surface area contributed by atoms with Crippen LogP contribution in [0, 0.1) is 0 Å². The predicted molar refractivity (Wildman–Crippen MR) is 101 cm³/mol. The first-order chi connectivity index (χ1) is 12.6. The van der Waals surface area contributed by atoms with Gasteiger partial charge in [0.05, 0.1) is 28.4 Å². The van der Waals surface area contributed by atoms with Crippen LogP contribution in [0.25, 0.3) is 0 Å². The van der Waals surface area contributed by atoms with Gasteiger partial charge in [0.2, 0.25) is 11.7 Å². The van der Waals surface area contributed by atoms with Crippen LogP contribution in [0.1, 0.15) is 6.42 Å². The van der Waals surface area contributed by atoms with Gasteiger partial charge in [0.1, 0.15) is 5.75 Å². The first-order valence-corrected chi connectivity index (χ1v) is 8.09. The largest absolute Gasteiger partial charge is 0.497 e. The van der Waals surface area contributed by atoms with Crippen molar-refractivity contribution >= 4 is 17.3 Å². The fraction of sp³-hybridized carbons (Fsp3) is 0.316. The summed E-state index contributed by atoms with van der Waals surface area (Å²) in [6.07, 6.45) is 0.299. The van der Waals surface area contributed by atoms with Crippen LogP contribution in [-0.4, -0.2) is 40.9 Å². The summed E-state index contributed by atoms with van der Waals surface area (Å²) in [5.74, 6) is 2.08. The first-order valence-electron chi connectivity index (χ1n) is 8.09. The summed E-state index contributed by atoms with van der Waals surface area (Å²) in [4.78, 5) is 12.2. The number of amides is 1. The summed E-state index contributed by atoms with van der Waals surface area (Å²) in [6.45, 7) is 0.490. The van der Waals surface area contributed by atoms with Crippen molar-refractivity contribution in [2.75, 3.05) is 45.6 Å². The van der Waals surface area contributed by atoms with Crippen LogP contribution in [0.4, 0.5) is 11.4 Å². The lowest BCUT2D eigenvalue weighted by Gasteiger charge is -2.14. The molecule has 7 nitrogen and oxygen atoms in total. The lowest BCUT2D eigenvalue weighted by atomic mass is 10.2. The zero-order valence-electron chi connectivity index (χ0n) is 15.4. The van der Waals surface area contributed by atoms with Crippen molar-refractivity contribution in [1.29, 1.82) is 0 Å². The number of anilines is 2. The van der Waals surface area contributed by atoms with E-state index in [0.717, 1.165) is 11.4 Å². The summed E-state index contributed by atoms with van der Waals surface area (Å²) < 4.78 is 21.0. The van der Waals surface area contributed by atoms with E-state index in [2.05, 4.69) is 10.6 Å². The van der Waals surface area contributed by atoms with E-state index in [-0.39, 0.29) is 5.91 Å². The molecule has 2 rings (SSSR count). The highest BCUT2D eigenvalue weighted by Crippen LogP contribution is 2.39. The maximum atomic E-state index is 12.2. The van der Waals surface area contributed by atoms with Gasteiger partial charge in [-0.05, 0) is 12.1 Å². The molecule has 0 spiro atoms. The molecular formula is C19H24N2O5. The van der Waals surface area contributed by atoms with Gasteiger partial charge >= 0.3 is 0 Å². The monoisotopic (exact) mass is 360 g/mol. The number of rotatable bonds is 9. The van der Waals surface area contributed by atoms with Crippen molar-refractivity contribution in [3.8, 4) is 23.0 Å². The maximum absolute atomic E-state index is 12.2. The molecule has 0 aliphatic heterocycles. The van der Waals surface area contributed by atoms with Gasteiger partial charge in [-0.1, -0.05) is 6.07 Å². The van der Waals surface area contributed by atoms with Crippen LogP contribution < -0.4 is 29.6 Å². The Morgan fingerprint density at radius 2 is 1.58 bits per heavy atom. The zero-order valence-corrected chi connectivity index (χ0v) is 15.4. The van der Waals surface area contributed by atoms with Gasteiger partial charge < -0.3 is 29.6 Å². The minimum Gasteiger partial charge on any atom is -0.497 e. The molecule has 0 saturated heterocycles. The molecule has 0 bridgehead atoms. The molecule has 0 fully saturated rings. The summed E-state index contributed by atoms with van der Waals surface area (Å²) in [5.41, 5.74) is 1.47. The lowest BCUT2D eigenvalue weighted by Crippen LogP contribution is -2.16. The third kappa shape index (κ3) is 4.95. The smallest absolute Gasteiger partial charge is 0.226 e. The number of ether oxygens (including phenoxy) is 4. The second-order valence-electron chi connectivity index (χ2n) is 5.37. The van der Waals surface area contributed by atoms with Crippen molar-refractivity contribution < 1.29 is 23.7 Å². The van der Waals surface area contributed by atoms with E-state index in [1.807, 2.05) is 24.3 Å². The van der Waals surface area contributed by atoms with Crippen LogP contribution in [0.3, 0.4) is 0 Å². The first kappa shape index (κ1) is 19.2. The Morgan fingerprint density at radius 3 is 2.15 bits per heavy atom. The SMILES string of the molecule is COc1cccc(NCCC(=O)Nc2cc(OC)c(OC)c(OC)c2)c1. The highest BCUT2D eigenvalue weighted by molar-refractivity contribution is 5.91. The standard InChI is InChI=1S/C19H24N2O5/c1-23-15-7-5-6-13(10-15)20-9-8-18(22)21-14-11-16(24-2)19(26-4)17(12-14)25-3/h5-7,10-12,20H,8-9H2,1-4H3,(H,21,22). The lowest BCUT2D eigenvalue weighted by molar-refractivity contribution is -0.115. The van der Waals surface area contributed by atoms with Gasteiger partial charge in [0.25, 0.3) is 0 Å². The van der Waals surface area contributed by atoms with E-state index in [0.29, 0.717) is 35.9 Å². The Morgan fingerprint density at radius 1 is 0.885 bits per heavy atom. The van der Waals surface area contributed by atoms with Gasteiger partial charge in [0, 0.05) is 42.5 Å². The fourth-order valence-electron chi connectivity index (χ4n) is 2.43. The Bertz CT molecular complexity index is 723. The number of methoxy groups -OCH3 is 4. The summed E-state index contributed by atoms with van der Waals surface area (Å²) in [5, 5.41) is 6.02. The molecule has 26 heavy (non-hydrogen) atoms. The van der Waals surface area contributed by atoms with Crippen molar-refractivity contribution in [3.05, 3.63) is 36.4 Å². The van der Waals surface area contributed by atoms with Crippen molar-refractivity contribution in [2.45, 2.75) is 6.42 Å². The van der Waals surface area contributed by atoms with Crippen LogP contribution in [-0.2, 0) is 4.79 Å². The number of benzene rings is 2. The van der Waals surface area contributed by atoms with E-state index in [1.54, 1.807) is 19.2 Å². The van der Waals surface area contributed by atoms with Crippen molar-refractivity contribution in [2.24, 2.45) is 0 Å². The van der Waals surface area contributed by atoms with Crippen LogP contribution >= 0.6 is 0 Å². The Hall–Kier alpha value is -3.09. The molecular weight excluding hydrogens is 336 g/mol. The molecule has 0 heterocycles. The van der Waals surface area contributed by atoms with E-state index in [9.17, 15) is 4.79 Å². The van der Waals surface area contributed by atoms with E-state index >= 15 is 0 Å². The number of carbonyl (C=O) groups excluding carboxylic acids is 1. The number of nitrogens with one attached hydrogen (secondary N) is 2. The third-order valence-electron chi connectivity index (χ3n) is 3.70. The zero-order chi connectivity index (χ0) is 18.9.